The van der Waals surface area contributed by atoms with Crippen LogP contribution >= 0.6 is 11.3 Å². The SMILES string of the molecule is CCNc1nnc(CN2CC(OC)C(OC)C2)s1. The molecule has 2 heterocycles. The van der Waals surface area contributed by atoms with Gasteiger partial charge >= 0.3 is 0 Å². The molecule has 2 atom stereocenters. The van der Waals surface area contributed by atoms with Crippen molar-refractivity contribution in [2.24, 2.45) is 0 Å². The number of hydrogen-bond acceptors (Lipinski definition) is 7. The molecule has 102 valence electrons. The molecule has 0 amide bonds. The Balaban J connectivity index is 1.89. The second-order valence-corrected chi connectivity index (χ2v) is 5.34. The Morgan fingerprint density at radius 1 is 1.28 bits per heavy atom. The number of nitrogens with one attached hydrogen (secondary N) is 1. The van der Waals surface area contributed by atoms with E-state index in [1.807, 2.05) is 6.92 Å². The number of nitrogens with zero attached hydrogens (tertiary/aromatic N) is 3. The second-order valence-electron chi connectivity index (χ2n) is 4.27. The topological polar surface area (TPSA) is 59.5 Å². The standard InChI is InChI=1S/C11H20N4O2S/c1-4-12-11-14-13-10(18-11)7-15-5-8(16-2)9(6-15)17-3/h8-9H,4-7H2,1-3H3,(H,12,14). The van der Waals surface area contributed by atoms with Crippen LogP contribution in [0.4, 0.5) is 5.13 Å². The van der Waals surface area contributed by atoms with E-state index in [2.05, 4.69) is 20.4 Å². The minimum Gasteiger partial charge on any atom is -0.377 e. The van der Waals surface area contributed by atoms with E-state index in [-0.39, 0.29) is 12.2 Å². The Hall–Kier alpha value is -0.760. The van der Waals surface area contributed by atoms with Gasteiger partial charge in [-0.25, -0.2) is 0 Å². The first-order chi connectivity index (χ1) is 8.76. The molecule has 0 spiro atoms. The fourth-order valence-electron chi connectivity index (χ4n) is 2.13. The molecule has 1 fully saturated rings. The summed E-state index contributed by atoms with van der Waals surface area (Å²) in [4.78, 5) is 2.29. The lowest BCUT2D eigenvalue weighted by atomic mass is 10.3. The third-order valence-electron chi connectivity index (χ3n) is 3.05. The highest BCUT2D eigenvalue weighted by Crippen LogP contribution is 2.21. The zero-order valence-electron chi connectivity index (χ0n) is 11.0. The Labute approximate surface area is 111 Å². The maximum atomic E-state index is 5.41. The number of likely N-dealkylation sites (tertiary alicyclic amines) is 1. The minimum atomic E-state index is 0.149. The van der Waals surface area contributed by atoms with Gasteiger partial charge in [0.1, 0.15) is 5.01 Å². The molecule has 1 aromatic heterocycles. The van der Waals surface area contributed by atoms with Gasteiger partial charge in [-0.2, -0.15) is 0 Å². The van der Waals surface area contributed by atoms with Crippen LogP contribution in [-0.4, -0.2) is 61.2 Å². The maximum absolute atomic E-state index is 5.41. The maximum Gasteiger partial charge on any atom is 0.205 e. The predicted octanol–water partition coefficient (Wildman–Crippen LogP) is 0.815. The average Bonchev–Trinajstić information content (AvgIpc) is 2.97. The number of hydrogen-bond donors (Lipinski definition) is 1. The van der Waals surface area contributed by atoms with E-state index in [9.17, 15) is 0 Å². The van der Waals surface area contributed by atoms with E-state index in [0.717, 1.165) is 36.3 Å². The number of rotatable bonds is 6. The molecule has 18 heavy (non-hydrogen) atoms. The van der Waals surface area contributed by atoms with E-state index in [1.165, 1.54) is 0 Å². The molecule has 1 aromatic rings. The van der Waals surface area contributed by atoms with Crippen molar-refractivity contribution in [2.75, 3.05) is 39.2 Å². The molecule has 1 saturated heterocycles. The summed E-state index contributed by atoms with van der Waals surface area (Å²) in [6.07, 6.45) is 0.298. The molecule has 0 radical (unpaired) electrons. The zero-order chi connectivity index (χ0) is 13.0. The fourth-order valence-corrected chi connectivity index (χ4v) is 2.98. The van der Waals surface area contributed by atoms with Gasteiger partial charge in [-0.15, -0.1) is 10.2 Å². The monoisotopic (exact) mass is 272 g/mol. The second kappa shape index (κ2) is 6.42. The van der Waals surface area contributed by atoms with E-state index < -0.39 is 0 Å². The van der Waals surface area contributed by atoms with Crippen molar-refractivity contribution in [3.05, 3.63) is 5.01 Å². The van der Waals surface area contributed by atoms with Crippen molar-refractivity contribution >= 4 is 16.5 Å². The molecular formula is C11H20N4O2S. The molecule has 2 rings (SSSR count). The number of anilines is 1. The predicted molar refractivity (Wildman–Crippen MR) is 70.9 cm³/mol. The molecular weight excluding hydrogens is 252 g/mol. The smallest absolute Gasteiger partial charge is 0.205 e. The van der Waals surface area contributed by atoms with Gasteiger partial charge in [-0.1, -0.05) is 11.3 Å². The van der Waals surface area contributed by atoms with E-state index >= 15 is 0 Å². The van der Waals surface area contributed by atoms with Crippen LogP contribution in [0.1, 0.15) is 11.9 Å². The van der Waals surface area contributed by atoms with Gasteiger partial charge in [-0.05, 0) is 6.92 Å². The van der Waals surface area contributed by atoms with Gasteiger partial charge in [-0.3, -0.25) is 4.90 Å². The normalized spacial score (nSPS) is 24.6. The average molecular weight is 272 g/mol. The number of aromatic nitrogens is 2. The lowest BCUT2D eigenvalue weighted by Crippen LogP contribution is -2.27. The third-order valence-corrected chi connectivity index (χ3v) is 3.92. The van der Waals surface area contributed by atoms with Gasteiger partial charge in [0.05, 0.1) is 18.8 Å². The van der Waals surface area contributed by atoms with Gasteiger partial charge in [0.2, 0.25) is 5.13 Å². The Morgan fingerprint density at radius 2 is 1.94 bits per heavy atom. The van der Waals surface area contributed by atoms with Crippen molar-refractivity contribution < 1.29 is 9.47 Å². The van der Waals surface area contributed by atoms with Crippen molar-refractivity contribution in [2.45, 2.75) is 25.7 Å². The summed E-state index contributed by atoms with van der Waals surface area (Å²) in [5.41, 5.74) is 0. The van der Waals surface area contributed by atoms with Crippen molar-refractivity contribution in [3.8, 4) is 0 Å². The third kappa shape index (κ3) is 3.17. The van der Waals surface area contributed by atoms with Crippen LogP contribution in [0.3, 0.4) is 0 Å². The summed E-state index contributed by atoms with van der Waals surface area (Å²) in [5, 5.41) is 13.4. The largest absolute Gasteiger partial charge is 0.377 e. The summed E-state index contributed by atoms with van der Waals surface area (Å²) in [5.74, 6) is 0. The van der Waals surface area contributed by atoms with Gasteiger partial charge in [0.15, 0.2) is 0 Å². The van der Waals surface area contributed by atoms with Crippen LogP contribution in [-0.2, 0) is 16.0 Å². The van der Waals surface area contributed by atoms with Gasteiger partial charge in [0.25, 0.3) is 0 Å². The Bertz CT molecular complexity index is 362. The number of ether oxygens (including phenoxy) is 2. The molecule has 6 nitrogen and oxygen atoms in total. The highest BCUT2D eigenvalue weighted by atomic mass is 32.1. The van der Waals surface area contributed by atoms with Crippen molar-refractivity contribution in [3.63, 3.8) is 0 Å². The molecule has 0 saturated carbocycles. The Morgan fingerprint density at radius 3 is 2.50 bits per heavy atom. The van der Waals surface area contributed by atoms with Crippen LogP contribution in [0.15, 0.2) is 0 Å². The van der Waals surface area contributed by atoms with Crippen molar-refractivity contribution in [1.29, 1.82) is 0 Å². The molecule has 2 unspecified atom stereocenters. The van der Waals surface area contributed by atoms with Crippen LogP contribution in [0.5, 0.6) is 0 Å². The van der Waals surface area contributed by atoms with Crippen LogP contribution in [0.2, 0.25) is 0 Å². The molecule has 7 heteroatoms. The number of methoxy groups -OCH3 is 2. The van der Waals surface area contributed by atoms with Gasteiger partial charge in [0, 0.05) is 33.9 Å². The van der Waals surface area contributed by atoms with Crippen LogP contribution in [0, 0.1) is 0 Å². The Kier molecular flexibility index (Phi) is 4.87. The summed E-state index contributed by atoms with van der Waals surface area (Å²) < 4.78 is 10.8. The van der Waals surface area contributed by atoms with Crippen LogP contribution in [0.25, 0.3) is 0 Å². The highest BCUT2D eigenvalue weighted by molar-refractivity contribution is 7.15. The fraction of sp³-hybridized carbons (Fsp3) is 0.818. The van der Waals surface area contributed by atoms with Crippen molar-refractivity contribution in [1.82, 2.24) is 15.1 Å². The summed E-state index contributed by atoms with van der Waals surface area (Å²) in [6, 6.07) is 0. The van der Waals surface area contributed by atoms with Gasteiger partial charge < -0.3 is 14.8 Å². The zero-order valence-corrected chi connectivity index (χ0v) is 11.9. The molecule has 0 bridgehead atoms. The van der Waals surface area contributed by atoms with Crippen LogP contribution < -0.4 is 5.32 Å². The van der Waals surface area contributed by atoms with E-state index in [1.54, 1.807) is 25.6 Å². The minimum absolute atomic E-state index is 0.149. The molecule has 0 aliphatic carbocycles. The first-order valence-corrected chi connectivity index (χ1v) is 6.92. The molecule has 1 N–H and O–H groups in total. The first kappa shape index (κ1) is 13.7. The lowest BCUT2D eigenvalue weighted by Gasteiger charge is -2.13. The quantitative estimate of drug-likeness (QED) is 0.827. The molecule has 1 aliphatic heterocycles. The first-order valence-electron chi connectivity index (χ1n) is 6.11. The molecule has 0 aromatic carbocycles. The summed E-state index contributed by atoms with van der Waals surface area (Å²) in [6.45, 7) is 5.49. The van der Waals surface area contributed by atoms with E-state index in [0.29, 0.717) is 0 Å². The van der Waals surface area contributed by atoms with E-state index in [4.69, 9.17) is 9.47 Å². The highest BCUT2D eigenvalue weighted by Gasteiger charge is 2.33. The summed E-state index contributed by atoms with van der Waals surface area (Å²) >= 11 is 1.61. The lowest BCUT2D eigenvalue weighted by molar-refractivity contribution is -0.00461. The summed E-state index contributed by atoms with van der Waals surface area (Å²) in [7, 11) is 3.46. The molecule has 1 aliphatic rings.